The van der Waals surface area contributed by atoms with Crippen molar-refractivity contribution in [1.29, 1.82) is 0 Å². The van der Waals surface area contributed by atoms with Crippen molar-refractivity contribution in [2.24, 2.45) is 0 Å². The first-order valence-corrected chi connectivity index (χ1v) is 10.2. The van der Waals surface area contributed by atoms with Crippen molar-refractivity contribution >= 4 is 33.5 Å². The van der Waals surface area contributed by atoms with E-state index in [1.165, 1.54) is 24.2 Å². The summed E-state index contributed by atoms with van der Waals surface area (Å²) in [7, 11) is 1.50. The van der Waals surface area contributed by atoms with Crippen LogP contribution in [0.4, 0.5) is 20.4 Å². The van der Waals surface area contributed by atoms with Gasteiger partial charge in [0.05, 0.1) is 18.4 Å². The number of methoxy groups -OCH3 is 1. The number of amides is 1. The summed E-state index contributed by atoms with van der Waals surface area (Å²) in [5.74, 6) is 0.301. The molecule has 0 unspecified atom stereocenters. The number of carbonyl (C=O) groups is 1. The summed E-state index contributed by atoms with van der Waals surface area (Å²) in [6.07, 6.45) is 1.31. The second-order valence-electron chi connectivity index (χ2n) is 6.81. The van der Waals surface area contributed by atoms with E-state index >= 15 is 0 Å². The van der Waals surface area contributed by atoms with Crippen LogP contribution in [0.15, 0.2) is 64.5 Å². The lowest BCUT2D eigenvalue weighted by atomic mass is 9.94. The van der Waals surface area contributed by atoms with Gasteiger partial charge in [-0.25, -0.2) is 4.68 Å². The van der Waals surface area contributed by atoms with Gasteiger partial charge >= 0.3 is 6.61 Å². The fourth-order valence-corrected chi connectivity index (χ4v) is 3.93. The molecule has 32 heavy (non-hydrogen) atoms. The maximum Gasteiger partial charge on any atom is 0.387 e. The summed E-state index contributed by atoms with van der Waals surface area (Å²) in [5.41, 5.74) is 1.52. The molecule has 0 fully saturated rings. The third-order valence-corrected chi connectivity index (χ3v) is 5.37. The van der Waals surface area contributed by atoms with Gasteiger partial charge in [-0.1, -0.05) is 28.1 Å². The molecule has 0 spiro atoms. The van der Waals surface area contributed by atoms with Crippen LogP contribution in [0, 0.1) is 0 Å². The highest BCUT2D eigenvalue weighted by Gasteiger charge is 2.36. The highest BCUT2D eigenvalue weighted by molar-refractivity contribution is 9.10. The number of allylic oxidation sites excluding steroid dienone is 1. The van der Waals surface area contributed by atoms with E-state index in [2.05, 4.69) is 36.6 Å². The number of alkyl halides is 2. The second-order valence-corrected chi connectivity index (χ2v) is 7.73. The third-order valence-electron chi connectivity index (χ3n) is 4.88. The lowest BCUT2D eigenvalue weighted by Gasteiger charge is -2.30. The zero-order valence-corrected chi connectivity index (χ0v) is 18.6. The SMILES string of the molecule is COc1ccccc1NC(=O)C1=C(C)Nc2ncnn2[C@H]1c1cc(Br)ccc1OC(F)F. The molecule has 0 saturated heterocycles. The van der Waals surface area contributed by atoms with E-state index in [0.29, 0.717) is 33.1 Å². The fraction of sp³-hybridized carbons (Fsp3) is 0.190. The Morgan fingerprint density at radius 2 is 2.03 bits per heavy atom. The predicted octanol–water partition coefficient (Wildman–Crippen LogP) is 4.58. The Balaban J connectivity index is 1.83. The van der Waals surface area contributed by atoms with Gasteiger partial charge in [-0.3, -0.25) is 4.79 Å². The van der Waals surface area contributed by atoms with Gasteiger partial charge in [0.2, 0.25) is 5.95 Å². The number of halogens is 3. The first-order valence-electron chi connectivity index (χ1n) is 9.45. The summed E-state index contributed by atoms with van der Waals surface area (Å²) < 4.78 is 38.4. The molecule has 2 heterocycles. The van der Waals surface area contributed by atoms with Crippen molar-refractivity contribution < 1.29 is 23.0 Å². The topological polar surface area (TPSA) is 90.3 Å². The lowest BCUT2D eigenvalue weighted by molar-refractivity contribution is -0.113. The molecule has 8 nitrogen and oxygen atoms in total. The molecule has 4 rings (SSSR count). The molecule has 11 heteroatoms. The van der Waals surface area contributed by atoms with E-state index in [0.717, 1.165) is 0 Å². The molecule has 1 aliphatic heterocycles. The average molecular weight is 506 g/mol. The van der Waals surface area contributed by atoms with Crippen LogP contribution in [0.3, 0.4) is 0 Å². The van der Waals surface area contributed by atoms with Gasteiger partial charge in [-0.15, -0.1) is 0 Å². The number of aromatic nitrogens is 3. The van der Waals surface area contributed by atoms with Crippen LogP contribution in [0.1, 0.15) is 18.5 Å². The quantitative estimate of drug-likeness (QED) is 0.509. The van der Waals surface area contributed by atoms with E-state index in [1.807, 2.05) is 0 Å². The van der Waals surface area contributed by atoms with Gasteiger partial charge in [-0.05, 0) is 37.3 Å². The number of nitrogens with zero attached hydrogens (tertiary/aromatic N) is 3. The zero-order chi connectivity index (χ0) is 22.8. The van der Waals surface area contributed by atoms with Gasteiger partial charge in [0.15, 0.2) is 0 Å². The van der Waals surface area contributed by atoms with Crippen molar-refractivity contribution in [3.63, 3.8) is 0 Å². The van der Waals surface area contributed by atoms with Crippen molar-refractivity contribution in [2.45, 2.75) is 19.6 Å². The molecule has 3 aromatic rings. The Morgan fingerprint density at radius 1 is 1.25 bits per heavy atom. The number of hydrogen-bond donors (Lipinski definition) is 2. The van der Waals surface area contributed by atoms with Crippen molar-refractivity contribution in [2.75, 3.05) is 17.7 Å². The Labute approximate surface area is 190 Å². The molecular formula is C21H18BrF2N5O3. The number of para-hydroxylation sites is 2. The minimum atomic E-state index is -3.04. The monoisotopic (exact) mass is 505 g/mol. The number of nitrogens with one attached hydrogen (secondary N) is 2. The van der Waals surface area contributed by atoms with E-state index in [1.54, 1.807) is 43.3 Å². The summed E-state index contributed by atoms with van der Waals surface area (Å²) in [5, 5.41) is 10.1. The summed E-state index contributed by atoms with van der Waals surface area (Å²) in [4.78, 5) is 17.6. The normalized spacial score (nSPS) is 15.2. The van der Waals surface area contributed by atoms with Gasteiger partial charge in [0, 0.05) is 15.7 Å². The molecule has 1 atom stereocenters. The number of ether oxygens (including phenoxy) is 2. The summed E-state index contributed by atoms with van der Waals surface area (Å²) in [6.45, 7) is -1.34. The summed E-state index contributed by atoms with van der Waals surface area (Å²) >= 11 is 3.37. The van der Waals surface area contributed by atoms with E-state index in [9.17, 15) is 13.6 Å². The molecule has 2 aromatic carbocycles. The maximum absolute atomic E-state index is 13.5. The van der Waals surface area contributed by atoms with E-state index in [-0.39, 0.29) is 11.3 Å². The van der Waals surface area contributed by atoms with Gasteiger partial charge < -0.3 is 20.1 Å². The molecule has 0 bridgehead atoms. The smallest absolute Gasteiger partial charge is 0.387 e. The number of anilines is 2. The maximum atomic E-state index is 13.5. The first kappa shape index (κ1) is 21.8. The largest absolute Gasteiger partial charge is 0.495 e. The van der Waals surface area contributed by atoms with Crippen LogP contribution in [-0.2, 0) is 4.79 Å². The van der Waals surface area contributed by atoms with Crippen molar-refractivity contribution in [1.82, 2.24) is 14.8 Å². The van der Waals surface area contributed by atoms with Crippen LogP contribution in [0.2, 0.25) is 0 Å². The van der Waals surface area contributed by atoms with E-state index in [4.69, 9.17) is 9.47 Å². The number of benzene rings is 2. The molecular weight excluding hydrogens is 488 g/mol. The highest BCUT2D eigenvalue weighted by atomic mass is 79.9. The molecule has 1 amide bonds. The molecule has 0 aliphatic carbocycles. The van der Waals surface area contributed by atoms with Crippen LogP contribution < -0.4 is 20.1 Å². The third kappa shape index (κ3) is 4.15. The number of hydrogen-bond acceptors (Lipinski definition) is 6. The highest BCUT2D eigenvalue weighted by Crippen LogP contribution is 2.41. The Morgan fingerprint density at radius 3 is 2.78 bits per heavy atom. The van der Waals surface area contributed by atoms with Crippen LogP contribution in [0.25, 0.3) is 0 Å². The van der Waals surface area contributed by atoms with Crippen molar-refractivity contribution in [3.05, 3.63) is 70.1 Å². The predicted molar refractivity (Wildman–Crippen MR) is 117 cm³/mol. The lowest BCUT2D eigenvalue weighted by Crippen LogP contribution is -2.32. The van der Waals surface area contributed by atoms with Crippen LogP contribution in [0.5, 0.6) is 11.5 Å². The second kappa shape index (κ2) is 8.95. The minimum Gasteiger partial charge on any atom is -0.495 e. The van der Waals surface area contributed by atoms with Gasteiger partial charge in [0.1, 0.15) is 23.9 Å². The molecule has 0 radical (unpaired) electrons. The van der Waals surface area contributed by atoms with Gasteiger partial charge in [0.25, 0.3) is 5.91 Å². The Hall–Kier alpha value is -3.47. The minimum absolute atomic E-state index is 0.0769. The number of fused-ring (bicyclic) bond motifs is 1. The Bertz CT molecular complexity index is 1200. The van der Waals surface area contributed by atoms with E-state index < -0.39 is 18.6 Å². The molecule has 166 valence electrons. The summed E-state index contributed by atoms with van der Waals surface area (Å²) in [6, 6.07) is 10.7. The van der Waals surface area contributed by atoms with Crippen molar-refractivity contribution in [3.8, 4) is 11.5 Å². The standard InChI is InChI=1S/C21H18BrF2N5O3/c1-11-17(19(30)28-14-5-3-4-6-16(14)31-2)18(29-21(27-11)25-10-26-29)13-9-12(22)7-8-15(13)32-20(23)24/h3-10,18,20H,1-2H3,(H,28,30)(H,25,26,27)/t18-/m0/s1. The zero-order valence-electron chi connectivity index (χ0n) is 17.0. The average Bonchev–Trinajstić information content (AvgIpc) is 3.22. The molecule has 1 aliphatic rings. The van der Waals surface area contributed by atoms with Crippen LogP contribution >= 0.6 is 15.9 Å². The first-order chi connectivity index (χ1) is 15.4. The molecule has 2 N–H and O–H groups in total. The molecule has 0 saturated carbocycles. The molecule has 1 aromatic heterocycles. The van der Waals surface area contributed by atoms with Crippen LogP contribution in [-0.4, -0.2) is 34.4 Å². The fourth-order valence-electron chi connectivity index (χ4n) is 3.55. The number of carbonyl (C=O) groups excluding carboxylic acids is 1. The van der Waals surface area contributed by atoms with Gasteiger partial charge in [-0.2, -0.15) is 18.9 Å². The Kier molecular flexibility index (Phi) is 6.08. The number of rotatable bonds is 6.